The van der Waals surface area contributed by atoms with Crippen molar-refractivity contribution in [2.75, 3.05) is 6.61 Å². The molecule has 3 heteroatoms. The molecule has 0 aliphatic heterocycles. The van der Waals surface area contributed by atoms with Gasteiger partial charge in [-0.2, -0.15) is 0 Å². The number of rotatable bonds is 9. The van der Waals surface area contributed by atoms with Crippen LogP contribution in [0.25, 0.3) is 0 Å². The van der Waals surface area contributed by atoms with Gasteiger partial charge in [0.15, 0.2) is 0 Å². The molecule has 23 heavy (non-hydrogen) atoms. The van der Waals surface area contributed by atoms with Crippen molar-refractivity contribution in [3.63, 3.8) is 0 Å². The van der Waals surface area contributed by atoms with Crippen molar-refractivity contribution in [1.82, 2.24) is 5.32 Å². The Morgan fingerprint density at radius 3 is 2.39 bits per heavy atom. The fraction of sp³-hybridized carbons (Fsp3) is 0.350. The van der Waals surface area contributed by atoms with E-state index >= 15 is 0 Å². The number of aryl methyl sites for hydroxylation is 1. The zero-order valence-electron chi connectivity index (χ0n) is 13.8. The largest absolute Gasteiger partial charge is 0.466 e. The molecule has 2 rings (SSSR count). The van der Waals surface area contributed by atoms with Crippen LogP contribution in [0.5, 0.6) is 0 Å². The van der Waals surface area contributed by atoms with Crippen LogP contribution in [0, 0.1) is 0 Å². The summed E-state index contributed by atoms with van der Waals surface area (Å²) in [6.07, 6.45) is 2.22. The van der Waals surface area contributed by atoms with E-state index in [1.165, 1.54) is 16.7 Å². The standard InChI is InChI=1S/C20H25NO2/c1-2-23-20(22)14-8-13-18-11-6-7-12-19(18)16-21-15-17-9-4-3-5-10-17/h3-7,9-12,21H,2,8,13-16H2,1H3. The Balaban J connectivity index is 1.81. The molecule has 1 N–H and O–H groups in total. The first kappa shape index (κ1) is 17.2. The third-order valence-electron chi connectivity index (χ3n) is 3.74. The van der Waals surface area contributed by atoms with Crippen LogP contribution in [0.3, 0.4) is 0 Å². The van der Waals surface area contributed by atoms with Crippen LogP contribution in [-0.4, -0.2) is 12.6 Å². The van der Waals surface area contributed by atoms with Crippen molar-refractivity contribution in [3.8, 4) is 0 Å². The molecular weight excluding hydrogens is 286 g/mol. The normalized spacial score (nSPS) is 10.5. The molecule has 0 fully saturated rings. The maximum Gasteiger partial charge on any atom is 0.305 e. The van der Waals surface area contributed by atoms with Crippen LogP contribution < -0.4 is 5.32 Å². The van der Waals surface area contributed by atoms with Crippen LogP contribution in [0.15, 0.2) is 54.6 Å². The lowest BCUT2D eigenvalue weighted by molar-refractivity contribution is -0.143. The second-order valence-electron chi connectivity index (χ2n) is 5.52. The molecule has 0 aliphatic rings. The van der Waals surface area contributed by atoms with Gasteiger partial charge in [0.2, 0.25) is 0 Å². The molecule has 0 aliphatic carbocycles. The highest BCUT2D eigenvalue weighted by molar-refractivity contribution is 5.69. The minimum Gasteiger partial charge on any atom is -0.466 e. The number of nitrogens with one attached hydrogen (secondary N) is 1. The first-order chi connectivity index (χ1) is 11.3. The van der Waals surface area contributed by atoms with Gasteiger partial charge in [-0.15, -0.1) is 0 Å². The summed E-state index contributed by atoms with van der Waals surface area (Å²) in [7, 11) is 0. The van der Waals surface area contributed by atoms with Gasteiger partial charge in [0, 0.05) is 19.5 Å². The van der Waals surface area contributed by atoms with E-state index in [1.807, 2.05) is 13.0 Å². The van der Waals surface area contributed by atoms with E-state index in [2.05, 4.69) is 53.8 Å². The zero-order chi connectivity index (χ0) is 16.3. The van der Waals surface area contributed by atoms with E-state index in [1.54, 1.807) is 0 Å². The molecular formula is C20H25NO2. The topological polar surface area (TPSA) is 38.3 Å². The van der Waals surface area contributed by atoms with Gasteiger partial charge >= 0.3 is 5.97 Å². The predicted octanol–water partition coefficient (Wildman–Crippen LogP) is 3.86. The maximum absolute atomic E-state index is 11.4. The summed E-state index contributed by atoms with van der Waals surface area (Å²) in [4.78, 5) is 11.4. The Bertz CT molecular complexity index is 596. The van der Waals surface area contributed by atoms with Gasteiger partial charge in [-0.25, -0.2) is 0 Å². The maximum atomic E-state index is 11.4. The van der Waals surface area contributed by atoms with Crippen LogP contribution in [0.2, 0.25) is 0 Å². The number of carbonyl (C=O) groups excluding carboxylic acids is 1. The van der Waals surface area contributed by atoms with Crippen LogP contribution >= 0.6 is 0 Å². The molecule has 0 saturated carbocycles. The number of hydrogen-bond donors (Lipinski definition) is 1. The lowest BCUT2D eigenvalue weighted by atomic mass is 10.0. The SMILES string of the molecule is CCOC(=O)CCCc1ccccc1CNCc1ccccc1. The Morgan fingerprint density at radius 2 is 1.65 bits per heavy atom. The van der Waals surface area contributed by atoms with Crippen molar-refractivity contribution >= 4 is 5.97 Å². The fourth-order valence-corrected chi connectivity index (χ4v) is 2.57. The summed E-state index contributed by atoms with van der Waals surface area (Å²) < 4.78 is 4.97. The molecule has 0 bridgehead atoms. The summed E-state index contributed by atoms with van der Waals surface area (Å²) in [6, 6.07) is 18.8. The van der Waals surface area contributed by atoms with Crippen LogP contribution in [0.1, 0.15) is 36.5 Å². The summed E-state index contributed by atoms with van der Waals surface area (Å²) in [5, 5.41) is 3.49. The quantitative estimate of drug-likeness (QED) is 0.715. The molecule has 2 aromatic carbocycles. The molecule has 0 aromatic heterocycles. The minimum absolute atomic E-state index is 0.104. The monoisotopic (exact) mass is 311 g/mol. The van der Waals surface area contributed by atoms with E-state index in [-0.39, 0.29) is 5.97 Å². The first-order valence-electron chi connectivity index (χ1n) is 8.26. The highest BCUT2D eigenvalue weighted by atomic mass is 16.5. The molecule has 0 radical (unpaired) electrons. The van der Waals surface area contributed by atoms with Gasteiger partial charge < -0.3 is 10.1 Å². The third kappa shape index (κ3) is 6.25. The van der Waals surface area contributed by atoms with Crippen molar-refractivity contribution < 1.29 is 9.53 Å². The average molecular weight is 311 g/mol. The molecule has 122 valence electrons. The van der Waals surface area contributed by atoms with E-state index in [0.717, 1.165) is 25.9 Å². The molecule has 0 atom stereocenters. The number of carbonyl (C=O) groups is 1. The van der Waals surface area contributed by atoms with Crippen molar-refractivity contribution in [2.24, 2.45) is 0 Å². The number of benzene rings is 2. The first-order valence-corrected chi connectivity index (χ1v) is 8.26. The van der Waals surface area contributed by atoms with E-state index in [4.69, 9.17) is 4.74 Å². The molecule has 0 spiro atoms. The van der Waals surface area contributed by atoms with Gasteiger partial charge in [-0.1, -0.05) is 54.6 Å². The van der Waals surface area contributed by atoms with Crippen molar-refractivity contribution in [3.05, 3.63) is 71.3 Å². The van der Waals surface area contributed by atoms with Gasteiger partial charge in [-0.05, 0) is 36.5 Å². The predicted molar refractivity (Wildman–Crippen MR) is 93.0 cm³/mol. The molecule has 0 heterocycles. The lowest BCUT2D eigenvalue weighted by Crippen LogP contribution is -2.14. The highest BCUT2D eigenvalue weighted by Gasteiger charge is 2.05. The van der Waals surface area contributed by atoms with Crippen molar-refractivity contribution in [2.45, 2.75) is 39.3 Å². The second kappa shape index (κ2) is 9.80. The van der Waals surface area contributed by atoms with Crippen LogP contribution in [0.4, 0.5) is 0 Å². The Kier molecular flexibility index (Phi) is 7.34. The van der Waals surface area contributed by atoms with Gasteiger partial charge in [0.1, 0.15) is 0 Å². The second-order valence-corrected chi connectivity index (χ2v) is 5.52. The molecule has 0 saturated heterocycles. The lowest BCUT2D eigenvalue weighted by Gasteiger charge is -2.11. The van der Waals surface area contributed by atoms with Crippen molar-refractivity contribution in [1.29, 1.82) is 0 Å². The Hall–Kier alpha value is -2.13. The summed E-state index contributed by atoms with van der Waals surface area (Å²) in [5.41, 5.74) is 3.89. The Labute approximate surface area is 138 Å². The average Bonchev–Trinajstić information content (AvgIpc) is 2.57. The van der Waals surface area contributed by atoms with Gasteiger partial charge in [0.25, 0.3) is 0 Å². The van der Waals surface area contributed by atoms with Crippen LogP contribution in [-0.2, 0) is 29.0 Å². The zero-order valence-corrected chi connectivity index (χ0v) is 13.8. The highest BCUT2D eigenvalue weighted by Crippen LogP contribution is 2.13. The summed E-state index contributed by atoms with van der Waals surface area (Å²) in [5.74, 6) is -0.104. The van der Waals surface area contributed by atoms with E-state index in [9.17, 15) is 4.79 Å². The number of esters is 1. The van der Waals surface area contributed by atoms with E-state index in [0.29, 0.717) is 13.0 Å². The summed E-state index contributed by atoms with van der Waals surface area (Å²) in [6.45, 7) is 3.99. The minimum atomic E-state index is -0.104. The molecule has 2 aromatic rings. The fourth-order valence-electron chi connectivity index (χ4n) is 2.57. The summed E-state index contributed by atoms with van der Waals surface area (Å²) >= 11 is 0. The van der Waals surface area contributed by atoms with Gasteiger partial charge in [0.05, 0.1) is 6.61 Å². The smallest absolute Gasteiger partial charge is 0.305 e. The molecule has 0 amide bonds. The number of hydrogen-bond acceptors (Lipinski definition) is 3. The third-order valence-corrected chi connectivity index (χ3v) is 3.74. The molecule has 0 unspecified atom stereocenters. The van der Waals surface area contributed by atoms with E-state index < -0.39 is 0 Å². The number of ether oxygens (including phenoxy) is 1. The Morgan fingerprint density at radius 1 is 0.957 bits per heavy atom. The van der Waals surface area contributed by atoms with Gasteiger partial charge in [-0.3, -0.25) is 4.79 Å². The molecule has 3 nitrogen and oxygen atoms in total.